The van der Waals surface area contributed by atoms with Gasteiger partial charge in [-0.05, 0) is 19.6 Å². The van der Waals surface area contributed by atoms with Crippen molar-refractivity contribution in [3.8, 4) is 0 Å². The van der Waals surface area contributed by atoms with Crippen molar-refractivity contribution in [2.75, 3.05) is 38.3 Å². The molecule has 0 radical (unpaired) electrons. The minimum Gasteiger partial charge on any atom is -0.456 e. The lowest BCUT2D eigenvalue weighted by molar-refractivity contribution is -0.175. The topological polar surface area (TPSA) is 300 Å². The van der Waals surface area contributed by atoms with Crippen LogP contribution in [0.2, 0.25) is 0 Å². The van der Waals surface area contributed by atoms with Crippen molar-refractivity contribution < 1.29 is 71.1 Å². The predicted molar refractivity (Wildman–Crippen MR) is 175 cm³/mol. The van der Waals surface area contributed by atoms with Crippen molar-refractivity contribution in [3.63, 3.8) is 0 Å². The van der Waals surface area contributed by atoms with Gasteiger partial charge in [0.05, 0.1) is 19.3 Å². The van der Waals surface area contributed by atoms with Crippen LogP contribution in [0, 0.1) is 0 Å². The van der Waals surface area contributed by atoms with Crippen LogP contribution in [0.15, 0.2) is 21.9 Å². The zero-order valence-electron chi connectivity index (χ0n) is 28.9. The van der Waals surface area contributed by atoms with Crippen LogP contribution in [0.1, 0.15) is 47.8 Å². The molecule has 1 aromatic heterocycles. The second-order valence-electron chi connectivity index (χ2n) is 11.5. The number of carbonyl (C=O) groups is 3. The van der Waals surface area contributed by atoms with E-state index in [0.717, 1.165) is 37.6 Å². The molecule has 1 aromatic rings. The van der Waals surface area contributed by atoms with Gasteiger partial charge in [-0.2, -0.15) is 0 Å². The molecule has 2 aliphatic heterocycles. The molecule has 23 heteroatoms. The molecule has 2 aliphatic rings. The Kier molecular flexibility index (Phi) is 16.6. The van der Waals surface area contributed by atoms with Gasteiger partial charge in [-0.1, -0.05) is 20.8 Å². The summed E-state index contributed by atoms with van der Waals surface area (Å²) in [5.41, 5.74) is -5.67. The van der Waals surface area contributed by atoms with Crippen LogP contribution in [-0.2, 0) is 52.3 Å². The normalized spacial score (nSPS) is 29.0. The van der Waals surface area contributed by atoms with Gasteiger partial charge in [0, 0.05) is 33.0 Å². The van der Waals surface area contributed by atoms with E-state index >= 15 is 0 Å². The number of esters is 2. The number of nitrogens with zero attached hydrogens (tertiary/aromatic N) is 2. The minimum absolute atomic E-state index is 0.776. The summed E-state index contributed by atoms with van der Waals surface area (Å²) in [6.07, 6.45) is -10.7. The third kappa shape index (κ3) is 12.3. The summed E-state index contributed by atoms with van der Waals surface area (Å²) in [4.78, 5) is 74.1. The summed E-state index contributed by atoms with van der Waals surface area (Å²) >= 11 is 0. The molecule has 21 nitrogen and oxygen atoms in total. The maximum atomic E-state index is 13.2. The van der Waals surface area contributed by atoms with E-state index in [1.54, 1.807) is 0 Å². The molecule has 2 saturated heterocycles. The number of ether oxygens (including phenoxy) is 4. The standard InChI is InChI=1S/C22H32N3O17PS.C6H15N/c1-9(27)23-15-17(32)16(31)12(6-26)42-21(15)44(36,37)8-43(34,35)38-7-13-18(39-10(2)28)19(40-11(3)29)20(41-13)25-5-4-14(30)24-22(25)33;1-4-7(5-2)6-3/h4-5,12-13,15-21,26,31-32H,6-8H2,1-3H3,(H,23,27)(H,34,35)(H,24,30,33);4-6H2,1-3H3/t12-,13-,15-,16-,17-,18-,19-,20-,21+;/m1./s1. The van der Waals surface area contributed by atoms with Crippen LogP contribution < -0.4 is 16.6 Å². The molecule has 3 rings (SSSR count). The van der Waals surface area contributed by atoms with E-state index in [0.29, 0.717) is 0 Å². The van der Waals surface area contributed by atoms with Gasteiger partial charge in [-0.3, -0.25) is 33.3 Å². The molecular weight excluding hydrogens is 727 g/mol. The average molecular weight is 775 g/mol. The average Bonchev–Trinajstić information content (AvgIpc) is 3.34. The van der Waals surface area contributed by atoms with Crippen molar-refractivity contribution in [2.24, 2.45) is 0 Å². The first-order valence-electron chi connectivity index (χ1n) is 15.8. The Morgan fingerprint density at radius 3 is 2.02 bits per heavy atom. The molecule has 1 amide bonds. The monoisotopic (exact) mass is 774 g/mol. The summed E-state index contributed by atoms with van der Waals surface area (Å²) in [6, 6.07) is -0.881. The zero-order chi connectivity index (χ0) is 38.8. The fraction of sp³-hybridized carbons (Fsp3) is 0.750. The van der Waals surface area contributed by atoms with Gasteiger partial charge in [0.2, 0.25) is 5.91 Å². The van der Waals surface area contributed by atoms with Crippen LogP contribution in [0.25, 0.3) is 0 Å². The number of H-pyrrole nitrogens is 1. The summed E-state index contributed by atoms with van der Waals surface area (Å²) in [7, 11) is -10.1. The first-order chi connectivity index (χ1) is 23.7. The molecule has 10 atom stereocenters. The predicted octanol–water partition coefficient (Wildman–Crippen LogP) is -2.84. The lowest BCUT2D eigenvalue weighted by Crippen LogP contribution is -2.65. The van der Waals surface area contributed by atoms with E-state index in [1.807, 2.05) is 4.98 Å². The number of aromatic nitrogens is 2. The first kappa shape index (κ1) is 44.1. The van der Waals surface area contributed by atoms with Gasteiger partial charge >= 0.3 is 25.2 Å². The molecule has 51 heavy (non-hydrogen) atoms. The summed E-state index contributed by atoms with van der Waals surface area (Å²) < 4.78 is 66.4. The van der Waals surface area contributed by atoms with E-state index in [1.165, 1.54) is 19.6 Å². The molecule has 0 spiro atoms. The molecule has 2 fully saturated rings. The van der Waals surface area contributed by atoms with E-state index in [4.69, 9.17) is 23.5 Å². The molecule has 0 aliphatic carbocycles. The Hall–Kier alpha value is -3.05. The van der Waals surface area contributed by atoms with Gasteiger partial charge in [0.1, 0.15) is 24.4 Å². The first-order valence-corrected chi connectivity index (χ1v) is 19.3. The number of hydrogen-bond acceptors (Lipinski definition) is 17. The Morgan fingerprint density at radius 1 is 0.980 bits per heavy atom. The summed E-state index contributed by atoms with van der Waals surface area (Å²) in [5.74, 6) is -2.68. The Morgan fingerprint density at radius 2 is 1.55 bits per heavy atom. The van der Waals surface area contributed by atoms with Crippen molar-refractivity contribution in [2.45, 2.75) is 95.9 Å². The minimum atomic E-state index is -5.20. The fourth-order valence-electron chi connectivity index (χ4n) is 5.32. The van der Waals surface area contributed by atoms with Crippen LogP contribution in [0.4, 0.5) is 0 Å². The van der Waals surface area contributed by atoms with Gasteiger partial charge < -0.3 is 53.9 Å². The zero-order valence-corrected chi connectivity index (χ0v) is 30.7. The van der Waals surface area contributed by atoms with Gasteiger partial charge in [0.15, 0.2) is 39.2 Å². The molecule has 0 bridgehead atoms. The second-order valence-corrected chi connectivity index (χ2v) is 15.9. The number of aromatic amines is 1. The van der Waals surface area contributed by atoms with Gasteiger partial charge in [-0.15, -0.1) is 0 Å². The number of sulfone groups is 1. The maximum Gasteiger partial charge on any atom is 0.343 e. The second kappa shape index (κ2) is 19.1. The molecule has 0 aromatic carbocycles. The highest BCUT2D eigenvalue weighted by Gasteiger charge is 2.53. The summed E-state index contributed by atoms with van der Waals surface area (Å²) in [6.45, 7) is 11.1. The smallest absolute Gasteiger partial charge is 0.343 e. The Labute approximate surface area is 293 Å². The van der Waals surface area contributed by atoms with Gasteiger partial charge in [0.25, 0.3) is 5.56 Å². The van der Waals surface area contributed by atoms with Crippen molar-refractivity contribution in [1.82, 2.24) is 19.8 Å². The third-order valence-corrected chi connectivity index (χ3v) is 12.2. The number of hydrogen-bond donors (Lipinski definition) is 6. The molecule has 292 valence electrons. The lowest BCUT2D eigenvalue weighted by Gasteiger charge is -2.42. The fourth-order valence-corrected chi connectivity index (χ4v) is 9.39. The van der Waals surface area contributed by atoms with E-state index in [-0.39, 0.29) is 0 Å². The SMILES string of the molecule is CC(=O)N[C@@H]1[C@@H](O)[C@H](O)[C@@H](CO)O[C@H]1S(=O)(=O)CP(=O)(O)OC[C@H]1O[C@@H](n2ccc(=O)[nH]c2=O)[C@H](OC(C)=O)[C@@H]1OC(C)=O.CCN(CC)CC. The Bertz CT molecular complexity index is 1610. The highest BCUT2D eigenvalue weighted by Crippen LogP contribution is 2.46. The van der Waals surface area contributed by atoms with Crippen molar-refractivity contribution >= 4 is 35.3 Å². The van der Waals surface area contributed by atoms with Crippen LogP contribution in [0.5, 0.6) is 0 Å². The number of amides is 1. The van der Waals surface area contributed by atoms with Crippen LogP contribution in [-0.4, -0.2) is 147 Å². The number of carbonyl (C=O) groups excluding carboxylic acids is 3. The quantitative estimate of drug-likeness (QED) is 0.0819. The molecule has 1 unspecified atom stereocenters. The number of aliphatic hydroxyl groups excluding tert-OH is 3. The van der Waals surface area contributed by atoms with Gasteiger partial charge in [-0.25, -0.2) is 13.2 Å². The number of aliphatic hydroxyl groups is 3. The largest absolute Gasteiger partial charge is 0.456 e. The molecule has 6 N–H and O–H groups in total. The van der Waals surface area contributed by atoms with E-state index in [9.17, 15) is 57.2 Å². The van der Waals surface area contributed by atoms with E-state index in [2.05, 4.69) is 31.0 Å². The summed E-state index contributed by atoms with van der Waals surface area (Å²) in [5, 5.41) is 32.0. The molecular formula is C28H47N4O17PS. The van der Waals surface area contributed by atoms with E-state index < -0.39 is 120 Å². The Balaban J connectivity index is 0.00000116. The van der Waals surface area contributed by atoms with Crippen LogP contribution in [0.3, 0.4) is 0 Å². The van der Waals surface area contributed by atoms with Crippen molar-refractivity contribution in [3.05, 3.63) is 33.1 Å². The number of rotatable bonds is 14. The lowest BCUT2D eigenvalue weighted by atomic mass is 9.98. The van der Waals surface area contributed by atoms with Crippen molar-refractivity contribution in [1.29, 1.82) is 0 Å². The highest BCUT2D eigenvalue weighted by molar-refractivity contribution is 7.98. The maximum absolute atomic E-state index is 13.2. The third-order valence-electron chi connectivity index (χ3n) is 7.74. The molecule has 0 saturated carbocycles. The molecule has 3 heterocycles. The number of nitrogens with one attached hydrogen (secondary N) is 2. The highest BCUT2D eigenvalue weighted by atomic mass is 32.2. The van der Waals surface area contributed by atoms with Crippen LogP contribution >= 0.6 is 7.60 Å².